The van der Waals surface area contributed by atoms with Crippen LogP contribution in [-0.4, -0.2) is 12.6 Å². The second-order valence-electron chi connectivity index (χ2n) is 7.69. The van der Waals surface area contributed by atoms with E-state index in [4.69, 9.17) is 4.74 Å². The molecule has 3 nitrogen and oxygen atoms in total. The Morgan fingerprint density at radius 1 is 0.567 bits per heavy atom. The Kier molecular flexibility index (Phi) is 3.39. The maximum Gasteiger partial charge on any atom is 0.150 e. The number of carbonyl (C=O) groups excluding carboxylic acids is 2. The van der Waals surface area contributed by atoms with Crippen LogP contribution >= 0.6 is 0 Å². The van der Waals surface area contributed by atoms with Crippen molar-refractivity contribution in [2.24, 2.45) is 0 Å². The first-order valence-corrected chi connectivity index (χ1v) is 9.84. The maximum absolute atomic E-state index is 11.6. The summed E-state index contributed by atoms with van der Waals surface area (Å²) in [4.78, 5) is 23.3. The molecule has 0 saturated heterocycles. The van der Waals surface area contributed by atoms with Gasteiger partial charge in [0.05, 0.1) is 5.41 Å². The fraction of sp³-hybridized carbons (Fsp3) is 0.0370. The van der Waals surface area contributed by atoms with E-state index >= 15 is 0 Å². The van der Waals surface area contributed by atoms with E-state index in [1.165, 1.54) is 0 Å². The van der Waals surface area contributed by atoms with Gasteiger partial charge in [-0.15, -0.1) is 0 Å². The largest absolute Gasteiger partial charge is 0.457 e. The van der Waals surface area contributed by atoms with E-state index in [0.717, 1.165) is 57.5 Å². The van der Waals surface area contributed by atoms with Gasteiger partial charge < -0.3 is 4.74 Å². The topological polar surface area (TPSA) is 43.4 Å². The number of hydrogen-bond donors (Lipinski definition) is 0. The van der Waals surface area contributed by atoms with Crippen LogP contribution in [0.5, 0.6) is 11.5 Å². The molecule has 3 heteroatoms. The lowest BCUT2D eigenvalue weighted by atomic mass is 9.65. The van der Waals surface area contributed by atoms with Gasteiger partial charge in [0.1, 0.15) is 24.1 Å². The average molecular weight is 388 g/mol. The first-order valence-electron chi connectivity index (χ1n) is 9.84. The van der Waals surface area contributed by atoms with Crippen molar-refractivity contribution >= 4 is 12.6 Å². The van der Waals surface area contributed by atoms with Gasteiger partial charge in [-0.3, -0.25) is 9.59 Å². The van der Waals surface area contributed by atoms with Crippen LogP contribution in [0.25, 0.3) is 11.1 Å². The van der Waals surface area contributed by atoms with Crippen molar-refractivity contribution in [2.45, 2.75) is 5.41 Å². The summed E-state index contributed by atoms with van der Waals surface area (Å²) in [6, 6.07) is 27.8. The SMILES string of the molecule is O=Cc1ccc2c(c1)C1(c3cc(C=O)ccc3O2)c2ccccc2-c2ccccc21. The Labute approximate surface area is 173 Å². The van der Waals surface area contributed by atoms with Gasteiger partial charge in [0.2, 0.25) is 0 Å². The molecule has 1 aliphatic carbocycles. The van der Waals surface area contributed by atoms with E-state index in [0.29, 0.717) is 11.1 Å². The van der Waals surface area contributed by atoms with Crippen LogP contribution in [0.2, 0.25) is 0 Å². The van der Waals surface area contributed by atoms with Crippen LogP contribution in [0, 0.1) is 0 Å². The Bertz CT molecular complexity index is 1260. The predicted molar refractivity (Wildman–Crippen MR) is 115 cm³/mol. The first-order chi connectivity index (χ1) is 14.8. The maximum atomic E-state index is 11.6. The number of fused-ring (bicyclic) bond motifs is 9. The third kappa shape index (κ3) is 1.99. The summed E-state index contributed by atoms with van der Waals surface area (Å²) in [6.45, 7) is 0. The molecule has 4 aromatic carbocycles. The molecular weight excluding hydrogens is 372 g/mol. The molecule has 1 aliphatic heterocycles. The van der Waals surface area contributed by atoms with E-state index in [-0.39, 0.29) is 0 Å². The molecule has 0 unspecified atom stereocenters. The molecule has 0 radical (unpaired) electrons. The summed E-state index contributed by atoms with van der Waals surface area (Å²) in [5, 5.41) is 0. The Hall–Kier alpha value is -3.98. The minimum absolute atomic E-state index is 0.591. The smallest absolute Gasteiger partial charge is 0.150 e. The molecule has 0 amide bonds. The number of carbonyl (C=O) groups is 2. The van der Waals surface area contributed by atoms with Crippen molar-refractivity contribution in [3.8, 4) is 22.6 Å². The van der Waals surface area contributed by atoms with Gasteiger partial charge in [-0.2, -0.15) is 0 Å². The lowest BCUT2D eigenvalue weighted by Crippen LogP contribution is -2.32. The van der Waals surface area contributed by atoms with E-state index in [1.807, 2.05) is 48.5 Å². The summed E-state index contributed by atoms with van der Waals surface area (Å²) in [5.74, 6) is 1.44. The van der Waals surface area contributed by atoms with E-state index in [2.05, 4.69) is 24.3 Å². The fourth-order valence-corrected chi connectivity index (χ4v) is 5.08. The number of ether oxygens (including phenoxy) is 1. The van der Waals surface area contributed by atoms with Crippen LogP contribution in [-0.2, 0) is 5.41 Å². The Morgan fingerprint density at radius 3 is 1.50 bits per heavy atom. The van der Waals surface area contributed by atoms with Gasteiger partial charge in [-0.25, -0.2) is 0 Å². The van der Waals surface area contributed by atoms with Gasteiger partial charge in [0.15, 0.2) is 0 Å². The predicted octanol–water partition coefficient (Wildman–Crippen LogP) is 5.78. The number of benzene rings is 4. The van der Waals surface area contributed by atoms with E-state index in [1.54, 1.807) is 12.1 Å². The second-order valence-corrected chi connectivity index (χ2v) is 7.69. The molecule has 0 fully saturated rings. The molecule has 0 atom stereocenters. The summed E-state index contributed by atoms with van der Waals surface area (Å²) >= 11 is 0. The van der Waals surface area contributed by atoms with Crippen LogP contribution in [0.15, 0.2) is 84.9 Å². The van der Waals surface area contributed by atoms with Crippen molar-refractivity contribution in [2.75, 3.05) is 0 Å². The Balaban J connectivity index is 1.85. The van der Waals surface area contributed by atoms with Gasteiger partial charge in [0, 0.05) is 22.3 Å². The summed E-state index contributed by atoms with van der Waals surface area (Å²) in [7, 11) is 0. The minimum Gasteiger partial charge on any atom is -0.457 e. The third-order valence-corrected chi connectivity index (χ3v) is 6.26. The molecule has 0 aromatic heterocycles. The van der Waals surface area contributed by atoms with Crippen LogP contribution in [0.4, 0.5) is 0 Å². The lowest BCUT2D eigenvalue weighted by Gasteiger charge is -2.39. The van der Waals surface area contributed by atoms with Crippen LogP contribution < -0.4 is 4.74 Å². The molecule has 142 valence electrons. The van der Waals surface area contributed by atoms with Gasteiger partial charge in [0.25, 0.3) is 0 Å². The van der Waals surface area contributed by atoms with Crippen molar-refractivity contribution in [3.05, 3.63) is 118 Å². The zero-order valence-corrected chi connectivity index (χ0v) is 16.0. The highest BCUT2D eigenvalue weighted by molar-refractivity contribution is 5.90. The molecule has 0 bridgehead atoms. The highest BCUT2D eigenvalue weighted by Crippen LogP contribution is 2.62. The zero-order chi connectivity index (χ0) is 20.3. The first kappa shape index (κ1) is 16.9. The van der Waals surface area contributed by atoms with Crippen LogP contribution in [0.3, 0.4) is 0 Å². The highest BCUT2D eigenvalue weighted by atomic mass is 16.5. The summed E-state index contributed by atoms with van der Waals surface area (Å²) in [5.41, 5.74) is 6.92. The fourth-order valence-electron chi connectivity index (χ4n) is 5.08. The highest BCUT2D eigenvalue weighted by Gasteiger charge is 2.51. The average Bonchev–Trinajstić information content (AvgIpc) is 3.10. The van der Waals surface area contributed by atoms with E-state index < -0.39 is 5.41 Å². The quantitative estimate of drug-likeness (QED) is 0.353. The molecule has 2 aliphatic rings. The molecule has 1 heterocycles. The monoisotopic (exact) mass is 388 g/mol. The molecule has 6 rings (SSSR count). The summed E-state index contributed by atoms with van der Waals surface area (Å²) < 4.78 is 6.26. The Morgan fingerprint density at radius 2 is 1.03 bits per heavy atom. The standard InChI is InChI=1S/C27H16O3/c28-15-17-9-11-25-23(13-17)27(24-14-18(16-29)10-12-26(24)30-25)21-7-3-1-5-19(21)20-6-2-4-8-22(20)27/h1-16H. The number of rotatable bonds is 2. The third-order valence-electron chi connectivity index (χ3n) is 6.26. The lowest BCUT2D eigenvalue weighted by molar-refractivity contribution is 0.111. The number of aldehydes is 2. The minimum atomic E-state index is -0.659. The van der Waals surface area contributed by atoms with Crippen molar-refractivity contribution in [1.82, 2.24) is 0 Å². The van der Waals surface area contributed by atoms with Crippen molar-refractivity contribution in [1.29, 1.82) is 0 Å². The van der Waals surface area contributed by atoms with Crippen LogP contribution in [0.1, 0.15) is 43.0 Å². The van der Waals surface area contributed by atoms with Crippen molar-refractivity contribution in [3.63, 3.8) is 0 Å². The number of hydrogen-bond acceptors (Lipinski definition) is 3. The molecule has 0 N–H and O–H groups in total. The normalized spacial score (nSPS) is 14.1. The van der Waals surface area contributed by atoms with E-state index in [9.17, 15) is 9.59 Å². The van der Waals surface area contributed by atoms with Gasteiger partial charge in [-0.05, 0) is 58.7 Å². The molecule has 30 heavy (non-hydrogen) atoms. The summed E-state index contributed by atoms with van der Waals surface area (Å²) in [6.07, 6.45) is 1.72. The molecule has 0 saturated carbocycles. The molecular formula is C27H16O3. The van der Waals surface area contributed by atoms with Gasteiger partial charge in [-0.1, -0.05) is 48.5 Å². The van der Waals surface area contributed by atoms with Crippen molar-refractivity contribution < 1.29 is 14.3 Å². The molecule has 1 spiro atoms. The second kappa shape index (κ2) is 6.01. The zero-order valence-electron chi connectivity index (χ0n) is 16.0. The van der Waals surface area contributed by atoms with Gasteiger partial charge >= 0.3 is 0 Å². The molecule has 4 aromatic rings.